The third-order valence-electron chi connectivity index (χ3n) is 3.50. The van der Waals surface area contributed by atoms with Crippen LogP contribution in [0.4, 0.5) is 0 Å². The fourth-order valence-corrected chi connectivity index (χ4v) is 2.65. The van der Waals surface area contributed by atoms with E-state index in [0.717, 1.165) is 0 Å². The Morgan fingerprint density at radius 1 is 0.833 bits per heavy atom. The van der Waals surface area contributed by atoms with Crippen LogP contribution in [-0.2, 0) is 0 Å². The molecule has 94 valence electrons. The molecule has 18 heavy (non-hydrogen) atoms. The molecule has 2 aromatic carbocycles. The largest absolute Gasteiger partial charge is 0.0786 e. The van der Waals surface area contributed by atoms with Gasteiger partial charge in [0.05, 0.1) is 4.83 Å². The summed E-state index contributed by atoms with van der Waals surface area (Å²) < 4.78 is 0. The lowest BCUT2D eigenvalue weighted by Crippen LogP contribution is -1.95. The molecule has 2 atom stereocenters. The summed E-state index contributed by atoms with van der Waals surface area (Å²) in [6.45, 7) is 4.51. The maximum atomic E-state index is 3.77. The van der Waals surface area contributed by atoms with Crippen LogP contribution in [0.2, 0.25) is 0 Å². The predicted molar refractivity (Wildman–Crippen MR) is 82.4 cm³/mol. The summed E-state index contributed by atoms with van der Waals surface area (Å²) in [6, 6.07) is 19.5. The molecule has 0 N–H and O–H groups in total. The van der Waals surface area contributed by atoms with E-state index >= 15 is 0 Å². The lowest BCUT2D eigenvalue weighted by Gasteiger charge is -2.13. The van der Waals surface area contributed by atoms with Crippen LogP contribution in [0.3, 0.4) is 0 Å². The van der Waals surface area contributed by atoms with Gasteiger partial charge in [-0.05, 0) is 29.0 Å². The zero-order valence-corrected chi connectivity index (χ0v) is 12.5. The van der Waals surface area contributed by atoms with E-state index < -0.39 is 0 Å². The first kappa shape index (κ1) is 13.4. The Kier molecular flexibility index (Phi) is 4.60. The van der Waals surface area contributed by atoms with Gasteiger partial charge in [0.1, 0.15) is 0 Å². The van der Waals surface area contributed by atoms with E-state index in [-0.39, 0.29) is 4.83 Å². The van der Waals surface area contributed by atoms with Gasteiger partial charge in [-0.2, -0.15) is 0 Å². The van der Waals surface area contributed by atoms with Crippen molar-refractivity contribution in [2.75, 3.05) is 0 Å². The van der Waals surface area contributed by atoms with Crippen LogP contribution in [0.15, 0.2) is 54.6 Å². The van der Waals surface area contributed by atoms with Gasteiger partial charge in [0.2, 0.25) is 0 Å². The van der Waals surface area contributed by atoms with Gasteiger partial charge >= 0.3 is 0 Å². The van der Waals surface area contributed by atoms with E-state index in [2.05, 4.69) is 84.4 Å². The number of halogens is 1. The van der Waals surface area contributed by atoms with Gasteiger partial charge in [0, 0.05) is 0 Å². The first-order chi connectivity index (χ1) is 8.72. The molecule has 0 fully saturated rings. The van der Waals surface area contributed by atoms with Crippen molar-refractivity contribution in [2.24, 2.45) is 0 Å². The van der Waals surface area contributed by atoms with Gasteiger partial charge in [0.15, 0.2) is 0 Å². The molecular formula is C17H19Br. The predicted octanol–water partition coefficient (Wildman–Crippen LogP) is 5.68. The Bertz CT molecular complexity index is 473. The second kappa shape index (κ2) is 6.19. The molecule has 2 unspecified atom stereocenters. The lowest BCUT2D eigenvalue weighted by atomic mass is 9.96. The van der Waals surface area contributed by atoms with Crippen LogP contribution in [0.5, 0.6) is 0 Å². The maximum absolute atomic E-state index is 3.77. The molecule has 2 rings (SSSR count). The quantitative estimate of drug-likeness (QED) is 0.637. The van der Waals surface area contributed by atoms with E-state index in [1.54, 1.807) is 0 Å². The summed E-state index contributed by atoms with van der Waals surface area (Å²) in [4.78, 5) is 0.282. The van der Waals surface area contributed by atoms with Gasteiger partial charge < -0.3 is 0 Å². The SMILES string of the molecule is CCC(C)c1ccc(C(Br)c2ccccc2)cc1. The zero-order valence-electron chi connectivity index (χ0n) is 10.9. The standard InChI is InChI=1S/C17H19Br/c1-3-13(2)14-9-11-16(12-10-14)17(18)15-7-5-4-6-8-15/h4-13,17H,3H2,1-2H3. The molecule has 0 spiro atoms. The number of hydrogen-bond donors (Lipinski definition) is 0. The monoisotopic (exact) mass is 302 g/mol. The average molecular weight is 303 g/mol. The minimum Gasteiger partial charge on any atom is -0.0786 e. The van der Waals surface area contributed by atoms with Crippen molar-refractivity contribution in [3.63, 3.8) is 0 Å². The third kappa shape index (κ3) is 3.02. The van der Waals surface area contributed by atoms with Crippen molar-refractivity contribution in [3.05, 3.63) is 71.3 Å². The van der Waals surface area contributed by atoms with Gasteiger partial charge in [-0.25, -0.2) is 0 Å². The molecule has 0 saturated heterocycles. The van der Waals surface area contributed by atoms with Crippen LogP contribution < -0.4 is 0 Å². The Morgan fingerprint density at radius 2 is 1.33 bits per heavy atom. The normalized spacial score (nSPS) is 14.2. The van der Waals surface area contributed by atoms with Gasteiger partial charge in [-0.3, -0.25) is 0 Å². The number of rotatable bonds is 4. The van der Waals surface area contributed by atoms with E-state index in [1.165, 1.54) is 23.1 Å². The molecule has 0 bridgehead atoms. The Balaban J connectivity index is 2.19. The van der Waals surface area contributed by atoms with Crippen LogP contribution in [-0.4, -0.2) is 0 Å². The van der Waals surface area contributed by atoms with Crippen molar-refractivity contribution < 1.29 is 0 Å². The van der Waals surface area contributed by atoms with Crippen LogP contribution in [0.1, 0.15) is 47.7 Å². The summed E-state index contributed by atoms with van der Waals surface area (Å²) in [7, 11) is 0. The highest BCUT2D eigenvalue weighted by atomic mass is 79.9. The van der Waals surface area contributed by atoms with E-state index in [9.17, 15) is 0 Å². The molecule has 0 saturated carbocycles. The third-order valence-corrected chi connectivity index (χ3v) is 4.56. The van der Waals surface area contributed by atoms with Crippen LogP contribution in [0.25, 0.3) is 0 Å². The molecule has 0 aromatic heterocycles. The summed E-state index contributed by atoms with van der Waals surface area (Å²) in [5.41, 5.74) is 4.04. The van der Waals surface area contributed by atoms with Gasteiger partial charge in [0.25, 0.3) is 0 Å². The summed E-state index contributed by atoms with van der Waals surface area (Å²) in [5.74, 6) is 0.643. The molecule has 0 aliphatic carbocycles. The van der Waals surface area contributed by atoms with Crippen molar-refractivity contribution in [1.82, 2.24) is 0 Å². The highest BCUT2D eigenvalue weighted by Gasteiger charge is 2.10. The lowest BCUT2D eigenvalue weighted by molar-refractivity contribution is 0.733. The van der Waals surface area contributed by atoms with Crippen molar-refractivity contribution in [3.8, 4) is 0 Å². The highest BCUT2D eigenvalue weighted by molar-refractivity contribution is 9.09. The molecule has 1 heteroatoms. The van der Waals surface area contributed by atoms with Crippen molar-refractivity contribution in [1.29, 1.82) is 0 Å². The highest BCUT2D eigenvalue weighted by Crippen LogP contribution is 2.31. The van der Waals surface area contributed by atoms with E-state index in [1.807, 2.05) is 0 Å². The molecule has 0 aliphatic heterocycles. The molecule has 0 amide bonds. The number of hydrogen-bond acceptors (Lipinski definition) is 0. The maximum Gasteiger partial charge on any atom is 0.0644 e. The van der Waals surface area contributed by atoms with Crippen LogP contribution in [0, 0.1) is 0 Å². The second-order valence-electron chi connectivity index (χ2n) is 4.75. The Hall–Kier alpha value is -1.08. The number of alkyl halides is 1. The smallest absolute Gasteiger partial charge is 0.0644 e. The first-order valence-corrected chi connectivity index (χ1v) is 7.42. The molecule has 2 aromatic rings. The average Bonchev–Trinajstić information content (AvgIpc) is 2.47. The molecular weight excluding hydrogens is 284 g/mol. The molecule has 0 heterocycles. The van der Waals surface area contributed by atoms with E-state index in [0.29, 0.717) is 5.92 Å². The Labute approximate surface area is 118 Å². The first-order valence-electron chi connectivity index (χ1n) is 6.51. The minimum absolute atomic E-state index is 0.282. The summed E-state index contributed by atoms with van der Waals surface area (Å²) >= 11 is 3.77. The fourth-order valence-electron chi connectivity index (χ4n) is 2.04. The molecule has 0 nitrogen and oxygen atoms in total. The minimum atomic E-state index is 0.282. The Morgan fingerprint density at radius 3 is 1.89 bits per heavy atom. The van der Waals surface area contributed by atoms with Crippen molar-refractivity contribution >= 4 is 15.9 Å². The van der Waals surface area contributed by atoms with Gasteiger partial charge in [-0.1, -0.05) is 84.4 Å². The summed E-state index contributed by atoms with van der Waals surface area (Å²) in [5, 5.41) is 0. The second-order valence-corrected chi connectivity index (χ2v) is 5.66. The molecule has 0 aliphatic rings. The summed E-state index contributed by atoms with van der Waals surface area (Å²) in [6.07, 6.45) is 1.19. The molecule has 0 radical (unpaired) electrons. The van der Waals surface area contributed by atoms with Gasteiger partial charge in [-0.15, -0.1) is 0 Å². The fraction of sp³-hybridized carbons (Fsp3) is 0.294. The van der Waals surface area contributed by atoms with Crippen LogP contribution >= 0.6 is 15.9 Å². The number of benzene rings is 2. The topological polar surface area (TPSA) is 0 Å². The zero-order chi connectivity index (χ0) is 13.0. The van der Waals surface area contributed by atoms with E-state index in [4.69, 9.17) is 0 Å². The van der Waals surface area contributed by atoms with Crippen molar-refractivity contribution in [2.45, 2.75) is 31.0 Å².